The molecule has 0 aromatic heterocycles. The molecule has 100 valence electrons. The van der Waals surface area contributed by atoms with Crippen LogP contribution in [0.15, 0.2) is 18.2 Å². The number of alkyl halides is 1. The van der Waals surface area contributed by atoms with Crippen molar-refractivity contribution < 1.29 is 4.79 Å². The lowest BCUT2D eigenvalue weighted by Gasteiger charge is -2.15. The van der Waals surface area contributed by atoms with Gasteiger partial charge in [0.05, 0.1) is 0 Å². The first-order chi connectivity index (χ1) is 8.58. The Hall–Kier alpha value is -0.540. The fraction of sp³-hybridized carbons (Fsp3) is 0.500. The second-order valence-corrected chi connectivity index (χ2v) is 5.65. The highest BCUT2D eigenvalue weighted by Gasteiger charge is 2.11. The zero-order valence-corrected chi connectivity index (χ0v) is 13.1. The van der Waals surface area contributed by atoms with Crippen LogP contribution in [0.25, 0.3) is 0 Å². The lowest BCUT2D eigenvalue weighted by atomic mass is 10.0. The van der Waals surface area contributed by atoms with E-state index in [0.29, 0.717) is 16.5 Å². The number of rotatable bonds is 6. The van der Waals surface area contributed by atoms with Crippen LogP contribution in [-0.2, 0) is 0 Å². The zero-order valence-electron chi connectivity index (χ0n) is 10.8. The SMILES string of the molecule is CCC(CCBr)CNC(=O)c1ccc(Cl)cc1C. The Bertz CT molecular complexity index is 409. The van der Waals surface area contributed by atoms with Crippen LogP contribution >= 0.6 is 27.5 Å². The van der Waals surface area contributed by atoms with E-state index in [1.807, 2.05) is 13.0 Å². The van der Waals surface area contributed by atoms with E-state index in [-0.39, 0.29) is 5.91 Å². The minimum absolute atomic E-state index is 0.0165. The van der Waals surface area contributed by atoms with Crippen molar-refractivity contribution in [2.24, 2.45) is 5.92 Å². The number of carbonyl (C=O) groups excluding carboxylic acids is 1. The van der Waals surface area contributed by atoms with Gasteiger partial charge < -0.3 is 5.32 Å². The van der Waals surface area contributed by atoms with Gasteiger partial charge in [0, 0.05) is 22.5 Å². The predicted molar refractivity (Wildman–Crippen MR) is 80.7 cm³/mol. The van der Waals surface area contributed by atoms with Gasteiger partial charge in [-0.15, -0.1) is 0 Å². The lowest BCUT2D eigenvalue weighted by molar-refractivity contribution is 0.0946. The highest BCUT2D eigenvalue weighted by Crippen LogP contribution is 2.15. The summed E-state index contributed by atoms with van der Waals surface area (Å²) in [4.78, 5) is 12.0. The summed E-state index contributed by atoms with van der Waals surface area (Å²) in [6, 6.07) is 5.34. The van der Waals surface area contributed by atoms with E-state index in [1.54, 1.807) is 12.1 Å². The summed E-state index contributed by atoms with van der Waals surface area (Å²) in [6.45, 7) is 4.77. The Kier molecular flexibility index (Phi) is 6.72. The van der Waals surface area contributed by atoms with Crippen molar-refractivity contribution >= 4 is 33.4 Å². The molecule has 0 bridgehead atoms. The first kappa shape index (κ1) is 15.5. The zero-order chi connectivity index (χ0) is 13.5. The maximum absolute atomic E-state index is 12.0. The normalized spacial score (nSPS) is 12.2. The molecular formula is C14H19BrClNO. The van der Waals surface area contributed by atoms with E-state index >= 15 is 0 Å². The highest BCUT2D eigenvalue weighted by molar-refractivity contribution is 9.09. The minimum atomic E-state index is -0.0165. The van der Waals surface area contributed by atoms with Gasteiger partial charge in [0.15, 0.2) is 0 Å². The minimum Gasteiger partial charge on any atom is -0.352 e. The molecule has 1 rings (SSSR count). The molecule has 1 aromatic rings. The van der Waals surface area contributed by atoms with Gasteiger partial charge in [-0.2, -0.15) is 0 Å². The number of halogens is 2. The number of hydrogen-bond acceptors (Lipinski definition) is 1. The monoisotopic (exact) mass is 331 g/mol. The van der Waals surface area contributed by atoms with Gasteiger partial charge in [-0.25, -0.2) is 0 Å². The second-order valence-electron chi connectivity index (χ2n) is 4.42. The number of benzene rings is 1. The Labute approximate surface area is 122 Å². The number of hydrogen-bond donors (Lipinski definition) is 1. The largest absolute Gasteiger partial charge is 0.352 e. The van der Waals surface area contributed by atoms with Crippen LogP contribution in [0.1, 0.15) is 35.7 Å². The van der Waals surface area contributed by atoms with Crippen LogP contribution < -0.4 is 5.32 Å². The number of amides is 1. The molecule has 1 N–H and O–H groups in total. The first-order valence-corrected chi connectivity index (χ1v) is 7.68. The maximum Gasteiger partial charge on any atom is 0.251 e. The van der Waals surface area contributed by atoms with Crippen molar-refractivity contribution in [2.75, 3.05) is 11.9 Å². The van der Waals surface area contributed by atoms with Gasteiger partial charge in [-0.05, 0) is 43.0 Å². The van der Waals surface area contributed by atoms with E-state index in [0.717, 1.165) is 30.3 Å². The Morgan fingerprint density at radius 2 is 2.22 bits per heavy atom. The van der Waals surface area contributed by atoms with E-state index in [2.05, 4.69) is 28.2 Å². The van der Waals surface area contributed by atoms with E-state index in [4.69, 9.17) is 11.6 Å². The fourth-order valence-corrected chi connectivity index (χ4v) is 2.69. The van der Waals surface area contributed by atoms with Crippen LogP contribution in [0.3, 0.4) is 0 Å². The van der Waals surface area contributed by atoms with Gasteiger partial charge in [-0.3, -0.25) is 4.79 Å². The fourth-order valence-electron chi connectivity index (χ4n) is 1.82. The molecule has 4 heteroatoms. The highest BCUT2D eigenvalue weighted by atomic mass is 79.9. The third-order valence-corrected chi connectivity index (χ3v) is 3.77. The smallest absolute Gasteiger partial charge is 0.251 e. The number of carbonyl (C=O) groups is 1. The summed E-state index contributed by atoms with van der Waals surface area (Å²) in [6.07, 6.45) is 2.15. The van der Waals surface area contributed by atoms with Crippen LogP contribution in [0, 0.1) is 12.8 Å². The van der Waals surface area contributed by atoms with Gasteiger partial charge in [0.1, 0.15) is 0 Å². The standard InChI is InChI=1S/C14H19BrClNO/c1-3-11(6-7-15)9-17-14(18)13-5-4-12(16)8-10(13)2/h4-5,8,11H,3,6-7,9H2,1-2H3,(H,17,18). The average molecular weight is 333 g/mol. The maximum atomic E-state index is 12.0. The van der Waals surface area contributed by atoms with Crippen molar-refractivity contribution in [2.45, 2.75) is 26.7 Å². The molecule has 1 unspecified atom stereocenters. The Morgan fingerprint density at radius 1 is 1.50 bits per heavy atom. The average Bonchev–Trinajstić information content (AvgIpc) is 2.34. The van der Waals surface area contributed by atoms with Crippen LogP contribution in [-0.4, -0.2) is 17.8 Å². The van der Waals surface area contributed by atoms with E-state index < -0.39 is 0 Å². The van der Waals surface area contributed by atoms with E-state index in [9.17, 15) is 4.79 Å². The predicted octanol–water partition coefficient (Wildman–Crippen LogP) is 4.19. The molecule has 0 aliphatic carbocycles. The van der Waals surface area contributed by atoms with Crippen LogP contribution in [0.5, 0.6) is 0 Å². The van der Waals surface area contributed by atoms with Gasteiger partial charge in [0.25, 0.3) is 5.91 Å². The topological polar surface area (TPSA) is 29.1 Å². The Balaban J connectivity index is 2.59. The van der Waals surface area contributed by atoms with Gasteiger partial charge in [0.2, 0.25) is 0 Å². The third-order valence-electron chi connectivity index (χ3n) is 3.08. The van der Waals surface area contributed by atoms with Gasteiger partial charge in [-0.1, -0.05) is 40.9 Å². The van der Waals surface area contributed by atoms with Gasteiger partial charge >= 0.3 is 0 Å². The van der Waals surface area contributed by atoms with Crippen molar-refractivity contribution in [3.63, 3.8) is 0 Å². The molecule has 1 amide bonds. The van der Waals surface area contributed by atoms with Crippen LogP contribution in [0.4, 0.5) is 0 Å². The molecule has 2 nitrogen and oxygen atoms in total. The first-order valence-electron chi connectivity index (χ1n) is 6.18. The molecule has 0 saturated carbocycles. The molecule has 0 radical (unpaired) electrons. The molecule has 0 fully saturated rings. The summed E-state index contributed by atoms with van der Waals surface area (Å²) in [5.41, 5.74) is 1.61. The molecule has 1 aromatic carbocycles. The van der Waals surface area contributed by atoms with Crippen molar-refractivity contribution in [1.29, 1.82) is 0 Å². The molecular weight excluding hydrogens is 314 g/mol. The number of nitrogens with one attached hydrogen (secondary N) is 1. The molecule has 1 atom stereocenters. The van der Waals surface area contributed by atoms with E-state index in [1.165, 1.54) is 0 Å². The third kappa shape index (κ3) is 4.62. The summed E-state index contributed by atoms with van der Waals surface area (Å²) in [5.74, 6) is 0.512. The lowest BCUT2D eigenvalue weighted by Crippen LogP contribution is -2.29. The second kappa shape index (κ2) is 7.80. The molecule has 0 aliphatic rings. The summed E-state index contributed by atoms with van der Waals surface area (Å²) in [7, 11) is 0. The molecule has 0 heterocycles. The van der Waals surface area contributed by atoms with Crippen molar-refractivity contribution in [1.82, 2.24) is 5.32 Å². The molecule has 0 aliphatic heterocycles. The number of aryl methyl sites for hydroxylation is 1. The van der Waals surface area contributed by atoms with Crippen molar-refractivity contribution in [3.8, 4) is 0 Å². The molecule has 0 saturated heterocycles. The summed E-state index contributed by atoms with van der Waals surface area (Å²) in [5, 5.41) is 4.63. The molecule has 18 heavy (non-hydrogen) atoms. The molecule has 0 spiro atoms. The van der Waals surface area contributed by atoms with Crippen LogP contribution in [0.2, 0.25) is 5.02 Å². The van der Waals surface area contributed by atoms with Crippen molar-refractivity contribution in [3.05, 3.63) is 34.3 Å². The Morgan fingerprint density at radius 3 is 2.78 bits per heavy atom. The quantitative estimate of drug-likeness (QED) is 0.778. The summed E-state index contributed by atoms with van der Waals surface area (Å²) >= 11 is 9.31. The summed E-state index contributed by atoms with van der Waals surface area (Å²) < 4.78 is 0.